The molecule has 3 atom stereocenters. The Balaban J connectivity index is 1.98. The third-order valence-electron chi connectivity index (χ3n) is 4.25. The van der Waals surface area contributed by atoms with Crippen LogP contribution in [0.25, 0.3) is 0 Å². The number of hydrogen-bond donors (Lipinski definition) is 1. The Bertz CT molecular complexity index is 492. The predicted molar refractivity (Wildman–Crippen MR) is 91.3 cm³/mol. The van der Waals surface area contributed by atoms with Crippen LogP contribution in [0.1, 0.15) is 26.7 Å². The van der Waals surface area contributed by atoms with Crippen molar-refractivity contribution in [3.63, 3.8) is 0 Å². The third kappa shape index (κ3) is 4.17. The molecule has 0 aliphatic carbocycles. The van der Waals surface area contributed by atoms with Gasteiger partial charge in [0, 0.05) is 24.0 Å². The average molecular weight is 322 g/mol. The Morgan fingerprint density at radius 2 is 2.14 bits per heavy atom. The molecule has 1 amide bonds. The zero-order valence-corrected chi connectivity index (χ0v) is 14.4. The lowest BCUT2D eigenvalue weighted by Gasteiger charge is -2.39. The average Bonchev–Trinajstić information content (AvgIpc) is 2.54. The molecule has 0 bridgehead atoms. The van der Waals surface area contributed by atoms with E-state index >= 15 is 0 Å². The minimum Gasteiger partial charge on any atom is -0.497 e. The number of nitrogens with two attached hydrogens (primary N) is 1. The number of hydrogen-bond acceptors (Lipinski definition) is 4. The SMILES string of the molecule is COc1ccc(SC(C)C(=O)N2CCC(C)CC2CN)cc1. The molecule has 4 nitrogen and oxygen atoms in total. The van der Waals surface area contributed by atoms with Crippen LogP contribution in [0.4, 0.5) is 0 Å². The van der Waals surface area contributed by atoms with Crippen molar-refractivity contribution in [2.45, 2.75) is 42.9 Å². The van der Waals surface area contributed by atoms with E-state index in [1.54, 1.807) is 18.9 Å². The molecule has 2 N–H and O–H groups in total. The molecule has 2 rings (SSSR count). The molecule has 1 heterocycles. The highest BCUT2D eigenvalue weighted by Crippen LogP contribution is 2.29. The maximum Gasteiger partial charge on any atom is 0.236 e. The van der Waals surface area contributed by atoms with Gasteiger partial charge in [0.05, 0.1) is 12.4 Å². The van der Waals surface area contributed by atoms with Crippen LogP contribution in [-0.4, -0.2) is 42.3 Å². The molecule has 1 aliphatic heterocycles. The van der Waals surface area contributed by atoms with Gasteiger partial charge in [-0.1, -0.05) is 6.92 Å². The summed E-state index contributed by atoms with van der Waals surface area (Å²) in [6, 6.07) is 8.02. The van der Waals surface area contributed by atoms with Crippen molar-refractivity contribution in [2.24, 2.45) is 11.7 Å². The number of rotatable bonds is 5. The van der Waals surface area contributed by atoms with Crippen LogP contribution < -0.4 is 10.5 Å². The van der Waals surface area contributed by atoms with Gasteiger partial charge in [-0.25, -0.2) is 0 Å². The van der Waals surface area contributed by atoms with Gasteiger partial charge >= 0.3 is 0 Å². The summed E-state index contributed by atoms with van der Waals surface area (Å²) in [4.78, 5) is 15.8. The van der Waals surface area contributed by atoms with Crippen LogP contribution in [0.2, 0.25) is 0 Å². The highest BCUT2D eigenvalue weighted by atomic mass is 32.2. The highest BCUT2D eigenvalue weighted by Gasteiger charge is 2.31. The number of benzene rings is 1. The van der Waals surface area contributed by atoms with Crippen LogP contribution in [0.3, 0.4) is 0 Å². The summed E-state index contributed by atoms with van der Waals surface area (Å²) in [5.41, 5.74) is 5.86. The first-order valence-electron chi connectivity index (χ1n) is 7.86. The molecule has 0 saturated carbocycles. The van der Waals surface area contributed by atoms with Crippen molar-refractivity contribution >= 4 is 17.7 Å². The molecule has 0 aromatic heterocycles. The molecule has 1 aliphatic rings. The zero-order valence-electron chi connectivity index (χ0n) is 13.6. The van der Waals surface area contributed by atoms with Gasteiger partial charge in [-0.3, -0.25) is 4.79 Å². The highest BCUT2D eigenvalue weighted by molar-refractivity contribution is 8.00. The van der Waals surface area contributed by atoms with E-state index in [2.05, 4.69) is 6.92 Å². The van der Waals surface area contributed by atoms with Gasteiger partial charge in [0.2, 0.25) is 5.91 Å². The van der Waals surface area contributed by atoms with Crippen LogP contribution in [0, 0.1) is 5.92 Å². The molecular formula is C17H26N2O2S. The van der Waals surface area contributed by atoms with Gasteiger partial charge in [0.25, 0.3) is 0 Å². The number of carbonyl (C=O) groups is 1. The summed E-state index contributed by atoms with van der Waals surface area (Å²) < 4.78 is 5.16. The summed E-state index contributed by atoms with van der Waals surface area (Å²) in [5.74, 6) is 1.68. The second-order valence-corrected chi connectivity index (χ2v) is 7.40. The topological polar surface area (TPSA) is 55.6 Å². The summed E-state index contributed by atoms with van der Waals surface area (Å²) in [6.07, 6.45) is 2.09. The van der Waals surface area contributed by atoms with Crippen molar-refractivity contribution in [3.8, 4) is 5.75 Å². The van der Waals surface area contributed by atoms with Crippen LogP contribution in [0.15, 0.2) is 29.2 Å². The van der Waals surface area contributed by atoms with Gasteiger partial charge in [-0.05, 0) is 49.9 Å². The van der Waals surface area contributed by atoms with Gasteiger partial charge in [0.15, 0.2) is 0 Å². The number of piperidine rings is 1. The Kier molecular flexibility index (Phi) is 6.15. The minimum atomic E-state index is -0.101. The Morgan fingerprint density at radius 1 is 1.45 bits per heavy atom. The summed E-state index contributed by atoms with van der Waals surface area (Å²) in [6.45, 7) is 5.59. The summed E-state index contributed by atoms with van der Waals surface area (Å²) in [7, 11) is 1.65. The largest absolute Gasteiger partial charge is 0.497 e. The lowest BCUT2D eigenvalue weighted by atomic mass is 9.92. The second-order valence-electron chi connectivity index (χ2n) is 5.99. The molecule has 3 unspecified atom stereocenters. The Morgan fingerprint density at radius 3 is 2.73 bits per heavy atom. The number of methoxy groups -OCH3 is 1. The number of thioether (sulfide) groups is 1. The van der Waals surface area contributed by atoms with E-state index in [4.69, 9.17) is 10.5 Å². The fourth-order valence-corrected chi connectivity index (χ4v) is 3.85. The lowest BCUT2D eigenvalue weighted by molar-refractivity contribution is -0.134. The number of amides is 1. The van der Waals surface area contributed by atoms with E-state index < -0.39 is 0 Å². The summed E-state index contributed by atoms with van der Waals surface area (Å²) in [5, 5.41) is -0.101. The van der Waals surface area contributed by atoms with Crippen molar-refractivity contribution < 1.29 is 9.53 Å². The molecule has 122 valence electrons. The lowest BCUT2D eigenvalue weighted by Crippen LogP contribution is -2.51. The molecule has 22 heavy (non-hydrogen) atoms. The molecule has 1 aromatic carbocycles. The first-order valence-corrected chi connectivity index (χ1v) is 8.74. The fourth-order valence-electron chi connectivity index (χ4n) is 2.91. The quantitative estimate of drug-likeness (QED) is 0.847. The van der Waals surface area contributed by atoms with E-state index in [1.807, 2.05) is 36.1 Å². The maximum absolute atomic E-state index is 12.7. The standard InChI is InChI=1S/C17H26N2O2S/c1-12-8-9-19(14(10-12)11-18)17(20)13(2)22-16-6-4-15(21-3)5-7-16/h4-7,12-14H,8-11,18H2,1-3H3. The number of ether oxygens (including phenoxy) is 1. The van der Waals surface area contributed by atoms with E-state index in [0.29, 0.717) is 12.5 Å². The predicted octanol–water partition coefficient (Wildman–Crippen LogP) is 2.76. The first-order chi connectivity index (χ1) is 10.5. The maximum atomic E-state index is 12.7. The molecule has 1 saturated heterocycles. The normalized spacial score (nSPS) is 23.2. The molecule has 1 fully saturated rings. The number of likely N-dealkylation sites (tertiary alicyclic amines) is 1. The second kappa shape index (κ2) is 7.88. The number of carbonyl (C=O) groups excluding carboxylic acids is 1. The van der Waals surface area contributed by atoms with Crippen LogP contribution in [0.5, 0.6) is 5.75 Å². The molecular weight excluding hydrogens is 296 g/mol. The van der Waals surface area contributed by atoms with E-state index in [9.17, 15) is 4.79 Å². The first kappa shape index (κ1) is 17.2. The zero-order chi connectivity index (χ0) is 16.1. The molecule has 0 radical (unpaired) electrons. The smallest absolute Gasteiger partial charge is 0.236 e. The van der Waals surface area contributed by atoms with Crippen molar-refractivity contribution in [2.75, 3.05) is 20.2 Å². The molecule has 5 heteroatoms. The Labute approximate surface area is 137 Å². The van der Waals surface area contributed by atoms with Crippen molar-refractivity contribution in [1.82, 2.24) is 4.90 Å². The Hall–Kier alpha value is -1.20. The monoisotopic (exact) mass is 322 g/mol. The van der Waals surface area contributed by atoms with E-state index in [0.717, 1.165) is 30.0 Å². The molecule has 1 aromatic rings. The van der Waals surface area contributed by atoms with E-state index in [1.165, 1.54) is 0 Å². The van der Waals surface area contributed by atoms with Crippen LogP contribution in [-0.2, 0) is 4.79 Å². The van der Waals surface area contributed by atoms with Gasteiger partial charge in [0.1, 0.15) is 5.75 Å². The third-order valence-corrected chi connectivity index (χ3v) is 5.35. The van der Waals surface area contributed by atoms with Crippen molar-refractivity contribution in [3.05, 3.63) is 24.3 Å². The fraction of sp³-hybridized carbons (Fsp3) is 0.588. The van der Waals surface area contributed by atoms with Crippen molar-refractivity contribution in [1.29, 1.82) is 0 Å². The van der Waals surface area contributed by atoms with Gasteiger partial charge in [-0.2, -0.15) is 0 Å². The number of nitrogens with zero attached hydrogens (tertiary/aromatic N) is 1. The van der Waals surface area contributed by atoms with Crippen LogP contribution >= 0.6 is 11.8 Å². The van der Waals surface area contributed by atoms with Gasteiger partial charge in [-0.15, -0.1) is 11.8 Å². The summed E-state index contributed by atoms with van der Waals surface area (Å²) >= 11 is 1.59. The minimum absolute atomic E-state index is 0.101. The van der Waals surface area contributed by atoms with E-state index in [-0.39, 0.29) is 17.2 Å². The molecule has 0 spiro atoms. The van der Waals surface area contributed by atoms with Gasteiger partial charge < -0.3 is 15.4 Å².